The first-order valence-electron chi connectivity index (χ1n) is 6.35. The number of benzene rings is 1. The van der Waals surface area contributed by atoms with Crippen LogP contribution in [0.4, 0.5) is 10.1 Å². The zero-order chi connectivity index (χ0) is 13.2. The molecule has 1 aromatic rings. The van der Waals surface area contributed by atoms with E-state index in [1.807, 2.05) is 13.0 Å². The number of rotatable bonds is 3. The molecule has 1 heterocycles. The molecule has 98 valence electrons. The van der Waals surface area contributed by atoms with Crippen molar-refractivity contribution in [1.29, 1.82) is 0 Å². The molecule has 0 saturated heterocycles. The number of thioether (sulfide) groups is 1. The lowest BCUT2D eigenvalue weighted by Gasteiger charge is -2.20. The molecule has 0 bridgehead atoms. The first-order valence-corrected chi connectivity index (χ1v) is 7.33. The van der Waals surface area contributed by atoms with Gasteiger partial charge in [0.15, 0.2) is 5.17 Å². The summed E-state index contributed by atoms with van der Waals surface area (Å²) in [6.07, 6.45) is 2.05. The molecule has 2 rings (SSSR count). The highest BCUT2D eigenvalue weighted by Gasteiger charge is 2.32. The molecule has 0 amide bonds. The van der Waals surface area contributed by atoms with Crippen LogP contribution in [0.2, 0.25) is 0 Å². The van der Waals surface area contributed by atoms with Gasteiger partial charge in [0.2, 0.25) is 0 Å². The number of nitrogens with zero attached hydrogens (tertiary/aromatic N) is 1. The Morgan fingerprint density at radius 1 is 1.39 bits per heavy atom. The molecule has 0 radical (unpaired) electrons. The SMILES string of the molecule is CCC1(CC)CSC(Nc2c(C)cccc2F)=N1. The summed E-state index contributed by atoms with van der Waals surface area (Å²) < 4.78 is 13.7. The molecule has 1 N–H and O–H groups in total. The number of aryl methyl sites for hydroxylation is 1. The summed E-state index contributed by atoms with van der Waals surface area (Å²) in [5.74, 6) is 0.763. The van der Waals surface area contributed by atoms with Crippen molar-refractivity contribution >= 4 is 22.6 Å². The first kappa shape index (κ1) is 13.4. The van der Waals surface area contributed by atoms with Crippen LogP contribution in [-0.2, 0) is 0 Å². The van der Waals surface area contributed by atoms with Gasteiger partial charge in [-0.25, -0.2) is 4.39 Å². The van der Waals surface area contributed by atoms with E-state index in [4.69, 9.17) is 4.99 Å². The molecule has 1 aliphatic rings. The minimum atomic E-state index is -0.219. The predicted molar refractivity (Wildman–Crippen MR) is 78.0 cm³/mol. The van der Waals surface area contributed by atoms with Crippen LogP contribution >= 0.6 is 11.8 Å². The highest BCUT2D eigenvalue weighted by Crippen LogP contribution is 2.34. The van der Waals surface area contributed by atoms with Crippen molar-refractivity contribution in [2.24, 2.45) is 4.99 Å². The summed E-state index contributed by atoms with van der Waals surface area (Å²) in [6.45, 7) is 6.22. The third-order valence-corrected chi connectivity index (χ3v) is 4.73. The average molecular weight is 266 g/mol. The fourth-order valence-electron chi connectivity index (χ4n) is 2.06. The van der Waals surface area contributed by atoms with Crippen LogP contribution in [0.1, 0.15) is 32.3 Å². The second-order valence-electron chi connectivity index (χ2n) is 4.69. The number of anilines is 1. The van der Waals surface area contributed by atoms with Crippen LogP contribution in [-0.4, -0.2) is 16.5 Å². The number of para-hydroxylation sites is 1. The van der Waals surface area contributed by atoms with E-state index in [9.17, 15) is 4.39 Å². The fraction of sp³-hybridized carbons (Fsp3) is 0.500. The summed E-state index contributed by atoms with van der Waals surface area (Å²) in [7, 11) is 0. The lowest BCUT2D eigenvalue weighted by molar-refractivity contribution is 0.456. The highest BCUT2D eigenvalue weighted by molar-refractivity contribution is 8.14. The molecule has 18 heavy (non-hydrogen) atoms. The van der Waals surface area contributed by atoms with Crippen molar-refractivity contribution < 1.29 is 4.39 Å². The molecule has 0 aromatic heterocycles. The number of nitrogens with one attached hydrogen (secondary N) is 1. The maximum atomic E-state index is 13.7. The summed E-state index contributed by atoms with van der Waals surface area (Å²) in [5.41, 5.74) is 1.49. The number of halogens is 1. The molecule has 0 fully saturated rings. The molecule has 0 atom stereocenters. The van der Waals surface area contributed by atoms with Crippen molar-refractivity contribution in [2.45, 2.75) is 39.2 Å². The molecule has 4 heteroatoms. The van der Waals surface area contributed by atoms with Crippen molar-refractivity contribution in [1.82, 2.24) is 0 Å². The van der Waals surface area contributed by atoms with Crippen molar-refractivity contribution in [3.05, 3.63) is 29.6 Å². The van der Waals surface area contributed by atoms with Crippen LogP contribution in [0.25, 0.3) is 0 Å². The topological polar surface area (TPSA) is 24.4 Å². The van der Waals surface area contributed by atoms with Gasteiger partial charge in [-0.3, -0.25) is 4.99 Å². The van der Waals surface area contributed by atoms with E-state index in [1.54, 1.807) is 17.8 Å². The van der Waals surface area contributed by atoms with E-state index in [2.05, 4.69) is 19.2 Å². The third kappa shape index (κ3) is 2.53. The Morgan fingerprint density at radius 3 is 2.67 bits per heavy atom. The molecular formula is C14H19FN2S. The van der Waals surface area contributed by atoms with E-state index in [-0.39, 0.29) is 11.4 Å². The molecule has 0 saturated carbocycles. The van der Waals surface area contributed by atoms with Crippen molar-refractivity contribution in [3.63, 3.8) is 0 Å². The smallest absolute Gasteiger partial charge is 0.161 e. The minimum Gasteiger partial charge on any atom is -0.332 e. The molecule has 0 unspecified atom stereocenters. The Labute approximate surface area is 112 Å². The Morgan fingerprint density at radius 2 is 2.11 bits per heavy atom. The van der Waals surface area contributed by atoms with E-state index in [1.165, 1.54) is 6.07 Å². The van der Waals surface area contributed by atoms with E-state index in [0.717, 1.165) is 29.3 Å². The predicted octanol–water partition coefficient (Wildman–Crippen LogP) is 4.21. The normalized spacial score (nSPS) is 17.7. The van der Waals surface area contributed by atoms with Gasteiger partial charge < -0.3 is 5.32 Å². The van der Waals surface area contributed by atoms with Gasteiger partial charge in [-0.15, -0.1) is 0 Å². The lowest BCUT2D eigenvalue weighted by Crippen LogP contribution is -2.24. The largest absolute Gasteiger partial charge is 0.332 e. The Bertz CT molecular complexity index is 447. The maximum absolute atomic E-state index is 13.7. The van der Waals surface area contributed by atoms with Gasteiger partial charge in [0.05, 0.1) is 11.2 Å². The van der Waals surface area contributed by atoms with Crippen LogP contribution < -0.4 is 5.32 Å². The quantitative estimate of drug-likeness (QED) is 0.886. The second-order valence-corrected chi connectivity index (χ2v) is 5.66. The van der Waals surface area contributed by atoms with Gasteiger partial charge in [-0.2, -0.15) is 0 Å². The second kappa shape index (κ2) is 5.31. The van der Waals surface area contributed by atoms with Crippen LogP contribution in [0.15, 0.2) is 23.2 Å². The lowest BCUT2D eigenvalue weighted by atomic mass is 9.97. The molecule has 0 spiro atoms. The maximum Gasteiger partial charge on any atom is 0.161 e. The molecular weight excluding hydrogens is 247 g/mol. The molecule has 2 nitrogen and oxygen atoms in total. The van der Waals surface area contributed by atoms with Gasteiger partial charge in [0, 0.05) is 5.75 Å². The van der Waals surface area contributed by atoms with E-state index in [0.29, 0.717) is 5.69 Å². The van der Waals surface area contributed by atoms with Gasteiger partial charge in [0.1, 0.15) is 5.82 Å². The highest BCUT2D eigenvalue weighted by atomic mass is 32.2. The fourth-order valence-corrected chi connectivity index (χ4v) is 3.37. The van der Waals surface area contributed by atoms with Gasteiger partial charge in [-0.05, 0) is 31.4 Å². The van der Waals surface area contributed by atoms with Crippen molar-refractivity contribution in [3.8, 4) is 0 Å². The summed E-state index contributed by atoms with van der Waals surface area (Å²) in [6, 6.07) is 5.10. The average Bonchev–Trinajstić information content (AvgIpc) is 2.78. The zero-order valence-electron chi connectivity index (χ0n) is 11.1. The number of hydrogen-bond donors (Lipinski definition) is 1. The first-order chi connectivity index (χ1) is 8.60. The number of hydrogen-bond acceptors (Lipinski definition) is 3. The van der Waals surface area contributed by atoms with Gasteiger partial charge in [-0.1, -0.05) is 37.7 Å². The third-order valence-electron chi connectivity index (χ3n) is 3.59. The molecule has 1 aliphatic heterocycles. The van der Waals surface area contributed by atoms with Gasteiger partial charge in [0.25, 0.3) is 0 Å². The molecule has 1 aromatic carbocycles. The van der Waals surface area contributed by atoms with Crippen LogP contribution in [0.3, 0.4) is 0 Å². The molecule has 0 aliphatic carbocycles. The number of aliphatic imine (C=N–C) groups is 1. The van der Waals surface area contributed by atoms with Gasteiger partial charge >= 0.3 is 0 Å². The van der Waals surface area contributed by atoms with Crippen LogP contribution in [0.5, 0.6) is 0 Å². The Hall–Kier alpha value is -1.03. The van der Waals surface area contributed by atoms with E-state index < -0.39 is 0 Å². The van der Waals surface area contributed by atoms with E-state index >= 15 is 0 Å². The standard InChI is InChI=1S/C14H19FN2S/c1-4-14(5-2)9-18-13(17-14)16-12-10(3)7-6-8-11(12)15/h6-8H,4-5,9H2,1-3H3,(H,16,17). The zero-order valence-corrected chi connectivity index (χ0v) is 11.9. The minimum absolute atomic E-state index is 0.0339. The summed E-state index contributed by atoms with van der Waals surface area (Å²) >= 11 is 1.68. The monoisotopic (exact) mass is 266 g/mol. The summed E-state index contributed by atoms with van der Waals surface area (Å²) in [4.78, 5) is 4.74. The summed E-state index contributed by atoms with van der Waals surface area (Å²) in [5, 5.41) is 3.98. The van der Waals surface area contributed by atoms with Crippen molar-refractivity contribution in [2.75, 3.05) is 11.1 Å². The Kier molecular flexibility index (Phi) is 3.95. The Balaban J connectivity index is 2.21. The number of amidine groups is 1. The van der Waals surface area contributed by atoms with Crippen LogP contribution in [0, 0.1) is 12.7 Å².